The van der Waals surface area contributed by atoms with Gasteiger partial charge in [0.05, 0.1) is 31.0 Å². The minimum atomic E-state index is -0.773. The SMILES string of the molecule is CCCCC12C=CC(=O)CCc3ccc(O)c(c3)OCCc3ccc(O)c(c3)C3CC([O-])=C4C=CN=C4CC#Cc4cc(C(N)N)c(cc43)CSSCC(C1)C(O)C2. The Balaban J connectivity index is 1.28. The van der Waals surface area contributed by atoms with Gasteiger partial charge in [0.1, 0.15) is 5.75 Å². The fraction of sp³-hybridized carbons (Fsp3) is 0.404. The first-order valence-electron chi connectivity index (χ1n) is 20.2. The Morgan fingerprint density at radius 3 is 2.62 bits per heavy atom. The molecule has 9 nitrogen and oxygen atoms in total. The van der Waals surface area contributed by atoms with Crippen LogP contribution in [0.2, 0.25) is 0 Å². The van der Waals surface area contributed by atoms with Crippen molar-refractivity contribution in [2.75, 3.05) is 12.4 Å². The number of carbonyl (C=O) groups is 1. The number of aromatic hydroxyl groups is 2. The molecule has 2 heterocycles. The summed E-state index contributed by atoms with van der Waals surface area (Å²) in [5.41, 5.74) is 19.2. The highest BCUT2D eigenvalue weighted by molar-refractivity contribution is 8.76. The van der Waals surface area contributed by atoms with Gasteiger partial charge in [0.15, 0.2) is 17.3 Å². The number of allylic oxidation sites excluding steroid dienone is 5. The average molecular weight is 819 g/mol. The Hall–Kier alpha value is -4.44. The number of nitrogens with two attached hydrogens (primary N) is 2. The zero-order valence-corrected chi connectivity index (χ0v) is 34.5. The van der Waals surface area contributed by atoms with Gasteiger partial charge in [-0.2, -0.15) is 0 Å². The summed E-state index contributed by atoms with van der Waals surface area (Å²) >= 11 is 0. The molecule has 1 fully saturated rings. The summed E-state index contributed by atoms with van der Waals surface area (Å²) in [4.78, 5) is 17.6. The van der Waals surface area contributed by atoms with Crippen LogP contribution < -0.4 is 21.3 Å². The summed E-state index contributed by atoms with van der Waals surface area (Å²) in [6, 6.07) is 14.6. The van der Waals surface area contributed by atoms with E-state index in [-0.39, 0.29) is 47.4 Å². The molecule has 0 radical (unpaired) electrons. The van der Waals surface area contributed by atoms with Crippen molar-refractivity contribution in [2.45, 2.75) is 95.1 Å². The maximum atomic E-state index is 14.1. The van der Waals surface area contributed by atoms with Gasteiger partial charge in [-0.1, -0.05) is 83.5 Å². The lowest BCUT2D eigenvalue weighted by Crippen LogP contribution is -2.23. The van der Waals surface area contributed by atoms with Crippen molar-refractivity contribution in [1.29, 1.82) is 0 Å². The summed E-state index contributed by atoms with van der Waals surface area (Å²) in [5, 5.41) is 47.6. The number of ether oxygens (including phenoxy) is 1. The van der Waals surface area contributed by atoms with Gasteiger partial charge in [-0.3, -0.25) is 9.79 Å². The van der Waals surface area contributed by atoms with E-state index in [0.717, 1.165) is 59.3 Å². The van der Waals surface area contributed by atoms with Crippen molar-refractivity contribution in [2.24, 2.45) is 27.8 Å². The Morgan fingerprint density at radius 1 is 1.00 bits per heavy atom. The predicted octanol–water partition coefficient (Wildman–Crippen LogP) is 7.40. The molecule has 0 aromatic heterocycles. The van der Waals surface area contributed by atoms with Crippen molar-refractivity contribution >= 4 is 33.1 Å². The van der Waals surface area contributed by atoms with E-state index < -0.39 is 18.2 Å². The largest absolute Gasteiger partial charge is 0.875 e. The molecule has 4 unspecified atom stereocenters. The maximum absolute atomic E-state index is 14.1. The molecule has 8 bridgehead atoms. The number of benzene rings is 3. The van der Waals surface area contributed by atoms with Crippen LogP contribution in [0.25, 0.3) is 0 Å². The van der Waals surface area contributed by atoms with Crippen LogP contribution >= 0.6 is 21.6 Å². The number of phenols is 2. The topological polar surface area (TPSA) is 174 Å². The molecular weight excluding hydrogens is 767 g/mol. The van der Waals surface area contributed by atoms with Crippen LogP contribution in [0.1, 0.15) is 109 Å². The number of rotatable bonds is 4. The van der Waals surface area contributed by atoms with Crippen LogP contribution in [0.5, 0.6) is 17.2 Å². The first-order valence-corrected chi connectivity index (χ1v) is 22.7. The van der Waals surface area contributed by atoms with Crippen LogP contribution in [0, 0.1) is 23.2 Å². The number of carbonyl (C=O) groups excluding carboxylic acids is 1. The number of aryl methyl sites for hydroxylation is 1. The lowest BCUT2D eigenvalue weighted by Gasteiger charge is -2.28. The van der Waals surface area contributed by atoms with Crippen LogP contribution in [-0.2, 0) is 23.4 Å². The van der Waals surface area contributed by atoms with Gasteiger partial charge in [0, 0.05) is 47.6 Å². The van der Waals surface area contributed by atoms with E-state index in [0.29, 0.717) is 66.0 Å². The normalized spacial score (nSPS) is 23.9. The summed E-state index contributed by atoms with van der Waals surface area (Å²) in [6.45, 7) is 2.40. The fourth-order valence-corrected chi connectivity index (χ4v) is 11.2. The van der Waals surface area contributed by atoms with Crippen molar-refractivity contribution in [3.05, 3.63) is 123 Å². The molecule has 3 aromatic rings. The molecule has 11 heteroatoms. The fourth-order valence-electron chi connectivity index (χ4n) is 8.64. The first-order chi connectivity index (χ1) is 28.0. The Bertz CT molecular complexity index is 2220. The minimum Gasteiger partial charge on any atom is -0.875 e. The highest BCUT2D eigenvalue weighted by Crippen LogP contribution is 2.49. The van der Waals surface area contributed by atoms with Crippen LogP contribution in [0.4, 0.5) is 0 Å². The van der Waals surface area contributed by atoms with E-state index in [1.165, 1.54) is 0 Å². The molecule has 7 rings (SSSR count). The number of unbranched alkanes of at least 4 members (excludes halogenated alkanes) is 1. The smallest absolute Gasteiger partial charge is 0.161 e. The minimum absolute atomic E-state index is 0.00809. The number of aliphatic imine (C=N–C) groups is 1. The lowest BCUT2D eigenvalue weighted by atomic mass is 9.79. The van der Waals surface area contributed by atoms with E-state index in [9.17, 15) is 25.2 Å². The van der Waals surface area contributed by atoms with Crippen LogP contribution in [0.3, 0.4) is 0 Å². The second-order valence-corrected chi connectivity index (χ2v) is 18.5. The number of hydrogen-bond donors (Lipinski definition) is 5. The van der Waals surface area contributed by atoms with Gasteiger partial charge in [-0.15, -0.1) is 5.76 Å². The summed E-state index contributed by atoms with van der Waals surface area (Å²) < 4.78 is 6.10. The third kappa shape index (κ3) is 9.70. The maximum Gasteiger partial charge on any atom is 0.161 e. The molecule has 4 aliphatic rings. The highest BCUT2D eigenvalue weighted by Gasteiger charge is 2.42. The van der Waals surface area contributed by atoms with Crippen LogP contribution in [-0.4, -0.2) is 45.3 Å². The number of aliphatic hydroxyl groups is 1. The lowest BCUT2D eigenvalue weighted by molar-refractivity contribution is -0.307. The number of phenolic OH excluding ortho intramolecular Hbond substituents is 2. The average Bonchev–Trinajstić information content (AvgIpc) is 3.81. The van der Waals surface area contributed by atoms with E-state index in [1.807, 2.05) is 18.2 Å². The van der Waals surface area contributed by atoms with Gasteiger partial charge in [0.25, 0.3) is 0 Å². The Kier molecular flexibility index (Phi) is 13.4. The zero-order valence-electron chi connectivity index (χ0n) is 32.9. The standard InChI is InChI=1S/C47H53N3O6S2/c1-2-3-16-47-17-13-34(51)10-7-29-9-12-42(53)45(21-29)56-19-15-30-8-11-41(52)39(20-30)38-24-43(54)35-14-18-50-40(35)6-4-5-31-22-37(46(48)49)32(23-36(31)38)27-57-58-28-33(25-47)44(55)26-47/h8-9,11-14,17-18,20-23,33,38,44,46,52-55H,2-3,6-7,10,15-16,19,24-28,48-49H2,1H3/p-1. The molecule has 304 valence electrons. The van der Waals surface area contributed by atoms with E-state index in [4.69, 9.17) is 16.2 Å². The van der Waals surface area contributed by atoms with Crippen LogP contribution in [0.15, 0.2) is 89.3 Å². The predicted molar refractivity (Wildman–Crippen MR) is 231 cm³/mol. The molecule has 2 aliphatic carbocycles. The highest BCUT2D eigenvalue weighted by atomic mass is 33.1. The number of aliphatic hydroxyl groups excluding tert-OH is 1. The molecule has 58 heavy (non-hydrogen) atoms. The number of nitrogens with zero attached hydrogens (tertiary/aromatic N) is 1. The Morgan fingerprint density at radius 2 is 1.81 bits per heavy atom. The van der Waals surface area contributed by atoms with Gasteiger partial charge < -0.3 is 36.6 Å². The molecule has 0 saturated heterocycles. The van der Waals surface area contributed by atoms with E-state index in [2.05, 4.69) is 35.9 Å². The molecule has 7 N–H and O–H groups in total. The van der Waals surface area contributed by atoms with Gasteiger partial charge in [0.2, 0.25) is 0 Å². The van der Waals surface area contributed by atoms with Crippen molar-refractivity contribution in [3.63, 3.8) is 0 Å². The monoisotopic (exact) mass is 818 g/mol. The molecule has 0 spiro atoms. The van der Waals surface area contributed by atoms with Gasteiger partial charge in [-0.25, -0.2) is 0 Å². The molecule has 4 atom stereocenters. The molecule has 2 aliphatic heterocycles. The summed E-state index contributed by atoms with van der Waals surface area (Å²) in [5.74, 6) is 7.72. The number of ketones is 1. The third-order valence-corrected chi connectivity index (χ3v) is 14.3. The molecule has 3 aromatic carbocycles. The second kappa shape index (κ2) is 18.6. The second-order valence-electron chi connectivity index (χ2n) is 16.0. The quantitative estimate of drug-likeness (QED) is 0.101. The molecular formula is C47H52N3O6S2-. The molecule has 0 amide bonds. The first kappa shape index (κ1) is 41.7. The van der Waals surface area contributed by atoms with Crippen molar-refractivity contribution in [3.8, 4) is 29.1 Å². The summed E-state index contributed by atoms with van der Waals surface area (Å²) in [6.07, 6.45) is 12.0. The van der Waals surface area contributed by atoms with Gasteiger partial charge >= 0.3 is 0 Å². The third-order valence-electron chi connectivity index (χ3n) is 11.9. The zero-order chi connectivity index (χ0) is 40.8. The number of fused-ring (bicyclic) bond motifs is 9. The van der Waals surface area contributed by atoms with Gasteiger partial charge in [-0.05, 0) is 113 Å². The Labute approximate surface area is 349 Å². The van der Waals surface area contributed by atoms with E-state index >= 15 is 0 Å². The molecule has 1 saturated carbocycles. The van der Waals surface area contributed by atoms with Crippen molar-refractivity contribution < 1.29 is 30.0 Å². The number of hydrogen-bond acceptors (Lipinski definition) is 11. The van der Waals surface area contributed by atoms with Crippen molar-refractivity contribution in [1.82, 2.24) is 0 Å². The van der Waals surface area contributed by atoms with E-state index in [1.54, 1.807) is 64.2 Å². The summed E-state index contributed by atoms with van der Waals surface area (Å²) in [7, 11) is 3.38.